The zero-order chi connectivity index (χ0) is 8.27. The molecular formula is C11H18. The van der Waals surface area contributed by atoms with E-state index in [4.69, 9.17) is 0 Å². The summed E-state index contributed by atoms with van der Waals surface area (Å²) in [7, 11) is 0. The predicted octanol–water partition coefficient (Wildman–Crippen LogP) is 3.84. The lowest BCUT2D eigenvalue weighted by Gasteiger charge is -2.03. The van der Waals surface area contributed by atoms with E-state index in [0.717, 1.165) is 0 Å². The van der Waals surface area contributed by atoms with E-state index in [-0.39, 0.29) is 0 Å². The predicted molar refractivity (Wildman–Crippen MR) is 50.6 cm³/mol. The Kier molecular flexibility index (Phi) is 2.92. The summed E-state index contributed by atoms with van der Waals surface area (Å²) in [5.41, 5.74) is 4.83. The summed E-state index contributed by atoms with van der Waals surface area (Å²) in [6, 6.07) is 0. The van der Waals surface area contributed by atoms with E-state index in [1.807, 2.05) is 0 Å². The molecule has 0 radical (unpaired) electrons. The van der Waals surface area contributed by atoms with Gasteiger partial charge in [0.15, 0.2) is 0 Å². The zero-order valence-corrected chi connectivity index (χ0v) is 7.91. The Hall–Kier alpha value is -0.520. The molecule has 0 unspecified atom stereocenters. The monoisotopic (exact) mass is 150 g/mol. The maximum absolute atomic E-state index is 2.40. The fourth-order valence-corrected chi connectivity index (χ4v) is 1.75. The molecule has 0 aromatic heterocycles. The van der Waals surface area contributed by atoms with Gasteiger partial charge in [-0.1, -0.05) is 31.9 Å². The second-order valence-electron chi connectivity index (χ2n) is 3.27. The average molecular weight is 150 g/mol. The number of rotatable bonds is 3. The van der Waals surface area contributed by atoms with Crippen molar-refractivity contribution in [2.75, 3.05) is 0 Å². The molecule has 11 heavy (non-hydrogen) atoms. The van der Waals surface area contributed by atoms with Crippen LogP contribution < -0.4 is 0 Å². The Balaban J connectivity index is 2.64. The van der Waals surface area contributed by atoms with Crippen LogP contribution in [0.5, 0.6) is 0 Å². The SMILES string of the molecule is CCCC1=CCC(CC)=C1C. The lowest BCUT2D eigenvalue weighted by Crippen LogP contribution is -1.83. The number of hydrogen-bond acceptors (Lipinski definition) is 0. The number of allylic oxidation sites excluding steroid dienone is 4. The number of hydrogen-bond donors (Lipinski definition) is 0. The minimum atomic E-state index is 1.22. The molecular weight excluding hydrogens is 132 g/mol. The van der Waals surface area contributed by atoms with E-state index in [0.29, 0.717) is 0 Å². The molecule has 0 atom stereocenters. The molecule has 0 saturated carbocycles. The van der Waals surface area contributed by atoms with Crippen LogP contribution in [0.2, 0.25) is 0 Å². The second-order valence-corrected chi connectivity index (χ2v) is 3.27. The summed E-state index contributed by atoms with van der Waals surface area (Å²) in [5.74, 6) is 0. The van der Waals surface area contributed by atoms with Gasteiger partial charge >= 0.3 is 0 Å². The van der Waals surface area contributed by atoms with Crippen molar-refractivity contribution in [3.8, 4) is 0 Å². The summed E-state index contributed by atoms with van der Waals surface area (Å²) in [6.07, 6.45) is 7.40. The average Bonchev–Trinajstić information content (AvgIpc) is 2.34. The van der Waals surface area contributed by atoms with Crippen LogP contribution in [0, 0.1) is 0 Å². The van der Waals surface area contributed by atoms with Crippen LogP contribution in [0.4, 0.5) is 0 Å². The topological polar surface area (TPSA) is 0 Å². The van der Waals surface area contributed by atoms with Crippen molar-refractivity contribution < 1.29 is 0 Å². The summed E-state index contributed by atoms with van der Waals surface area (Å²) < 4.78 is 0. The maximum Gasteiger partial charge on any atom is -0.0127 e. The van der Waals surface area contributed by atoms with Gasteiger partial charge in [-0.05, 0) is 37.3 Å². The summed E-state index contributed by atoms with van der Waals surface area (Å²) in [4.78, 5) is 0. The lowest BCUT2D eigenvalue weighted by atomic mass is 10.0. The van der Waals surface area contributed by atoms with E-state index >= 15 is 0 Å². The van der Waals surface area contributed by atoms with Crippen molar-refractivity contribution in [3.05, 3.63) is 22.8 Å². The molecule has 0 N–H and O–H groups in total. The highest BCUT2D eigenvalue weighted by Crippen LogP contribution is 2.30. The fourth-order valence-electron chi connectivity index (χ4n) is 1.75. The molecule has 62 valence electrons. The zero-order valence-electron chi connectivity index (χ0n) is 7.91. The first-order chi connectivity index (χ1) is 5.29. The molecule has 1 rings (SSSR count). The molecule has 0 heterocycles. The van der Waals surface area contributed by atoms with Gasteiger partial charge in [0, 0.05) is 0 Å². The van der Waals surface area contributed by atoms with Gasteiger partial charge in [-0.2, -0.15) is 0 Å². The van der Waals surface area contributed by atoms with Crippen molar-refractivity contribution in [1.29, 1.82) is 0 Å². The van der Waals surface area contributed by atoms with Crippen LogP contribution in [0.1, 0.15) is 46.5 Å². The molecule has 0 heteroatoms. The van der Waals surface area contributed by atoms with Crippen molar-refractivity contribution in [3.63, 3.8) is 0 Å². The fraction of sp³-hybridized carbons (Fsp3) is 0.636. The molecule has 0 amide bonds. The van der Waals surface area contributed by atoms with Gasteiger partial charge in [-0.25, -0.2) is 0 Å². The van der Waals surface area contributed by atoms with Crippen LogP contribution in [0.3, 0.4) is 0 Å². The van der Waals surface area contributed by atoms with Crippen LogP contribution in [0.15, 0.2) is 22.8 Å². The normalized spacial score (nSPS) is 17.5. The summed E-state index contributed by atoms with van der Waals surface area (Å²) in [6.45, 7) is 6.77. The third-order valence-corrected chi connectivity index (χ3v) is 2.55. The molecule has 1 aliphatic carbocycles. The first-order valence-electron chi connectivity index (χ1n) is 4.67. The van der Waals surface area contributed by atoms with Crippen molar-refractivity contribution >= 4 is 0 Å². The van der Waals surface area contributed by atoms with Gasteiger partial charge in [0.2, 0.25) is 0 Å². The quantitative estimate of drug-likeness (QED) is 0.573. The van der Waals surface area contributed by atoms with E-state index < -0.39 is 0 Å². The maximum atomic E-state index is 2.40. The van der Waals surface area contributed by atoms with Crippen molar-refractivity contribution in [2.45, 2.75) is 46.5 Å². The Morgan fingerprint density at radius 2 is 2.09 bits per heavy atom. The molecule has 0 bridgehead atoms. The van der Waals surface area contributed by atoms with E-state index in [1.54, 1.807) is 16.7 Å². The standard InChI is InChI=1S/C11H18/c1-4-6-11-8-7-10(5-2)9(11)3/h8H,4-7H2,1-3H3. The van der Waals surface area contributed by atoms with Gasteiger partial charge in [0.05, 0.1) is 0 Å². The van der Waals surface area contributed by atoms with Crippen LogP contribution in [-0.4, -0.2) is 0 Å². The first-order valence-corrected chi connectivity index (χ1v) is 4.67. The summed E-state index contributed by atoms with van der Waals surface area (Å²) >= 11 is 0. The minimum absolute atomic E-state index is 1.22. The van der Waals surface area contributed by atoms with E-state index in [2.05, 4.69) is 26.8 Å². The molecule has 0 aliphatic heterocycles. The van der Waals surface area contributed by atoms with Crippen LogP contribution in [0.25, 0.3) is 0 Å². The van der Waals surface area contributed by atoms with Crippen molar-refractivity contribution in [1.82, 2.24) is 0 Å². The third kappa shape index (κ3) is 1.74. The van der Waals surface area contributed by atoms with Gasteiger partial charge in [0.25, 0.3) is 0 Å². The van der Waals surface area contributed by atoms with Gasteiger partial charge in [-0.15, -0.1) is 0 Å². The largest absolute Gasteiger partial charge is 0.0770 e. The van der Waals surface area contributed by atoms with E-state index in [1.165, 1.54) is 25.7 Å². The highest BCUT2D eigenvalue weighted by molar-refractivity contribution is 5.40. The molecule has 0 nitrogen and oxygen atoms in total. The first kappa shape index (κ1) is 8.58. The highest BCUT2D eigenvalue weighted by Gasteiger charge is 2.10. The third-order valence-electron chi connectivity index (χ3n) is 2.55. The molecule has 0 saturated heterocycles. The van der Waals surface area contributed by atoms with Gasteiger partial charge < -0.3 is 0 Å². The Bertz CT molecular complexity index is 194. The lowest BCUT2D eigenvalue weighted by molar-refractivity contribution is 0.912. The molecule has 1 aliphatic rings. The van der Waals surface area contributed by atoms with Gasteiger partial charge in [-0.3, -0.25) is 0 Å². The second kappa shape index (κ2) is 3.75. The minimum Gasteiger partial charge on any atom is -0.0770 e. The van der Waals surface area contributed by atoms with Gasteiger partial charge in [0.1, 0.15) is 0 Å². The Morgan fingerprint density at radius 3 is 2.55 bits per heavy atom. The molecule has 0 aromatic carbocycles. The Morgan fingerprint density at radius 1 is 1.36 bits per heavy atom. The molecule has 0 fully saturated rings. The Labute approximate surface area is 70.0 Å². The van der Waals surface area contributed by atoms with Crippen molar-refractivity contribution in [2.24, 2.45) is 0 Å². The van der Waals surface area contributed by atoms with Crippen LogP contribution >= 0.6 is 0 Å². The molecule has 0 spiro atoms. The smallest absolute Gasteiger partial charge is 0.0127 e. The van der Waals surface area contributed by atoms with E-state index in [9.17, 15) is 0 Å². The molecule has 0 aromatic rings. The van der Waals surface area contributed by atoms with Crippen LogP contribution in [-0.2, 0) is 0 Å². The summed E-state index contributed by atoms with van der Waals surface area (Å²) in [5, 5.41) is 0. The highest BCUT2D eigenvalue weighted by atomic mass is 14.2.